The Kier molecular flexibility index (Phi) is 7.02. The van der Waals surface area contributed by atoms with Crippen molar-refractivity contribution in [2.24, 2.45) is 0 Å². The number of amides is 1. The number of carbonyl (C=O) groups excluding carboxylic acids is 1. The minimum atomic E-state index is -5.00. The van der Waals surface area contributed by atoms with Crippen molar-refractivity contribution in [3.63, 3.8) is 0 Å². The van der Waals surface area contributed by atoms with Crippen LogP contribution in [0.5, 0.6) is 0 Å². The predicted octanol–water partition coefficient (Wildman–Crippen LogP) is 4.21. The van der Waals surface area contributed by atoms with Crippen LogP contribution in [0.3, 0.4) is 0 Å². The van der Waals surface area contributed by atoms with Crippen LogP contribution < -0.4 is 4.72 Å². The molecule has 0 unspecified atom stereocenters. The fourth-order valence-corrected chi connectivity index (χ4v) is 2.79. The maximum atomic E-state index is 13.5. The Hall–Kier alpha value is -3.36. The SMILES string of the molecule is O=C(C=Cc1c(F)c(F)c(F)c(F)c1F)NS(=O)(=O)C=Cc1c(F)c(F)c(F)c(F)c1F. The number of hydrogen-bond donors (Lipinski definition) is 1. The molecule has 0 aromatic heterocycles. The van der Waals surface area contributed by atoms with Crippen LogP contribution in [0.25, 0.3) is 12.2 Å². The van der Waals surface area contributed by atoms with Crippen molar-refractivity contribution in [3.05, 3.63) is 80.8 Å². The molecule has 4 nitrogen and oxygen atoms in total. The van der Waals surface area contributed by atoms with Gasteiger partial charge < -0.3 is 0 Å². The Morgan fingerprint density at radius 1 is 0.562 bits per heavy atom. The van der Waals surface area contributed by atoms with Crippen LogP contribution in [0.1, 0.15) is 11.1 Å². The average molecular weight is 493 g/mol. The lowest BCUT2D eigenvalue weighted by Crippen LogP contribution is -2.27. The largest absolute Gasteiger partial charge is 0.269 e. The van der Waals surface area contributed by atoms with Crippen molar-refractivity contribution in [1.29, 1.82) is 0 Å². The fraction of sp³-hybridized carbons (Fsp3) is 0. The molecule has 0 heterocycles. The molecular weight excluding hydrogens is 488 g/mol. The van der Waals surface area contributed by atoms with Crippen LogP contribution in [0.2, 0.25) is 0 Å². The number of halogens is 10. The van der Waals surface area contributed by atoms with E-state index in [2.05, 4.69) is 0 Å². The van der Waals surface area contributed by atoms with Crippen molar-refractivity contribution >= 4 is 28.1 Å². The Bertz CT molecular complexity index is 1230. The molecule has 0 fully saturated rings. The van der Waals surface area contributed by atoms with Gasteiger partial charge in [-0.1, -0.05) is 0 Å². The first kappa shape index (κ1) is 24.9. The van der Waals surface area contributed by atoms with E-state index >= 15 is 0 Å². The molecule has 15 heteroatoms. The molecule has 1 N–H and O–H groups in total. The van der Waals surface area contributed by atoms with Gasteiger partial charge in [-0.25, -0.2) is 57.0 Å². The molecule has 0 spiro atoms. The molecule has 32 heavy (non-hydrogen) atoms. The zero-order valence-corrected chi connectivity index (χ0v) is 15.5. The highest BCUT2D eigenvalue weighted by molar-refractivity contribution is 7.93. The second-order valence-corrected chi connectivity index (χ2v) is 7.18. The molecule has 0 bridgehead atoms. The second kappa shape index (κ2) is 9.02. The number of nitrogens with one attached hydrogen (secondary N) is 1. The Labute approximate surface area is 171 Å². The summed E-state index contributed by atoms with van der Waals surface area (Å²) in [7, 11) is -5.00. The van der Waals surface area contributed by atoms with Gasteiger partial charge in [-0.3, -0.25) is 4.79 Å². The molecule has 172 valence electrons. The van der Waals surface area contributed by atoms with Gasteiger partial charge in [0.2, 0.25) is 11.6 Å². The van der Waals surface area contributed by atoms with E-state index in [1.165, 1.54) is 0 Å². The molecule has 0 radical (unpaired) electrons. The summed E-state index contributed by atoms with van der Waals surface area (Å²) in [6.45, 7) is 0. The van der Waals surface area contributed by atoms with Gasteiger partial charge in [0.05, 0.1) is 16.5 Å². The smallest absolute Gasteiger partial charge is 0.257 e. The number of hydrogen-bond acceptors (Lipinski definition) is 3. The Morgan fingerprint density at radius 2 is 0.875 bits per heavy atom. The standard InChI is InChI=1S/C17H5F10NO3S/c18-8-5(9(19)13(23)16(26)12(8)22)1-2-7(29)28-32(30,31)4-3-6-10(20)14(24)17(27)15(25)11(6)21/h1-4H,(H,28,29). The predicted molar refractivity (Wildman–Crippen MR) is 87.6 cm³/mol. The van der Waals surface area contributed by atoms with Gasteiger partial charge in [-0.2, -0.15) is 0 Å². The van der Waals surface area contributed by atoms with Crippen molar-refractivity contribution in [2.75, 3.05) is 0 Å². The number of rotatable bonds is 5. The first-order valence-electron chi connectivity index (χ1n) is 7.65. The molecule has 2 aromatic rings. The summed E-state index contributed by atoms with van der Waals surface area (Å²) < 4.78 is 157. The first-order chi connectivity index (χ1) is 14.7. The van der Waals surface area contributed by atoms with E-state index in [1.54, 1.807) is 0 Å². The third-order valence-electron chi connectivity index (χ3n) is 3.55. The molecule has 0 aliphatic heterocycles. The summed E-state index contributed by atoms with van der Waals surface area (Å²) >= 11 is 0. The van der Waals surface area contributed by atoms with Crippen LogP contribution >= 0.6 is 0 Å². The topological polar surface area (TPSA) is 63.2 Å². The highest BCUT2D eigenvalue weighted by atomic mass is 32.2. The van der Waals surface area contributed by atoms with Crippen molar-refractivity contribution in [1.82, 2.24) is 4.72 Å². The lowest BCUT2D eigenvalue weighted by molar-refractivity contribution is -0.114. The van der Waals surface area contributed by atoms with Crippen LogP contribution in [0, 0.1) is 58.2 Å². The van der Waals surface area contributed by atoms with Crippen molar-refractivity contribution in [3.8, 4) is 0 Å². The van der Waals surface area contributed by atoms with Gasteiger partial charge in [0.15, 0.2) is 46.5 Å². The molecule has 0 saturated carbocycles. The Morgan fingerprint density at radius 3 is 1.25 bits per heavy atom. The summed E-state index contributed by atoms with van der Waals surface area (Å²) in [6.07, 6.45) is -0.0172. The second-order valence-electron chi connectivity index (χ2n) is 5.61. The monoisotopic (exact) mass is 493 g/mol. The summed E-state index contributed by atoms with van der Waals surface area (Å²) in [4.78, 5) is 11.6. The normalized spacial score (nSPS) is 12.2. The van der Waals surface area contributed by atoms with Crippen LogP contribution in [0.4, 0.5) is 43.9 Å². The Balaban J connectivity index is 2.29. The molecule has 2 aromatic carbocycles. The molecule has 1 amide bonds. The maximum Gasteiger partial charge on any atom is 0.257 e. The fourth-order valence-electron chi connectivity index (χ4n) is 2.06. The van der Waals surface area contributed by atoms with Crippen LogP contribution in [-0.2, 0) is 14.8 Å². The first-order valence-corrected chi connectivity index (χ1v) is 9.20. The van der Waals surface area contributed by atoms with Crippen LogP contribution in [0.15, 0.2) is 11.5 Å². The van der Waals surface area contributed by atoms with E-state index in [0.717, 1.165) is 4.72 Å². The van der Waals surface area contributed by atoms with E-state index in [0.29, 0.717) is 0 Å². The van der Waals surface area contributed by atoms with Gasteiger partial charge in [0.1, 0.15) is 0 Å². The zero-order chi connectivity index (χ0) is 24.5. The highest BCUT2D eigenvalue weighted by Gasteiger charge is 2.26. The summed E-state index contributed by atoms with van der Waals surface area (Å²) in [6, 6.07) is 0. The number of benzene rings is 2. The van der Waals surface area contributed by atoms with Gasteiger partial charge in [-0.05, 0) is 12.2 Å². The van der Waals surface area contributed by atoms with Gasteiger partial charge >= 0.3 is 0 Å². The average Bonchev–Trinajstić information content (AvgIpc) is 2.73. The molecule has 0 aliphatic carbocycles. The van der Waals surface area contributed by atoms with Gasteiger partial charge in [0, 0.05) is 6.08 Å². The molecule has 0 saturated heterocycles. The quantitative estimate of drug-likeness (QED) is 0.294. The third kappa shape index (κ3) is 4.76. The summed E-state index contributed by atoms with van der Waals surface area (Å²) in [5, 5.41) is -0.185. The lowest BCUT2D eigenvalue weighted by Gasteiger charge is -2.05. The van der Waals surface area contributed by atoms with Crippen molar-refractivity contribution < 1.29 is 57.1 Å². The van der Waals surface area contributed by atoms with E-state index in [4.69, 9.17) is 0 Å². The molecule has 2 rings (SSSR count). The van der Waals surface area contributed by atoms with Crippen LogP contribution in [-0.4, -0.2) is 14.3 Å². The summed E-state index contributed by atoms with van der Waals surface area (Å²) in [5.74, 6) is -25.6. The van der Waals surface area contributed by atoms with E-state index in [9.17, 15) is 57.1 Å². The molecular formula is C17H5F10NO3S. The summed E-state index contributed by atoms with van der Waals surface area (Å²) in [5.41, 5.74) is -3.26. The number of carbonyl (C=O) groups is 1. The van der Waals surface area contributed by atoms with E-state index in [-0.39, 0.29) is 23.6 Å². The maximum absolute atomic E-state index is 13.5. The minimum absolute atomic E-state index is 0.0298. The van der Waals surface area contributed by atoms with E-state index < -0.39 is 85.2 Å². The van der Waals surface area contributed by atoms with Crippen molar-refractivity contribution in [2.45, 2.75) is 0 Å². The lowest BCUT2D eigenvalue weighted by atomic mass is 10.1. The third-order valence-corrected chi connectivity index (χ3v) is 4.53. The molecule has 0 atom stereocenters. The molecule has 0 aliphatic rings. The zero-order valence-electron chi connectivity index (χ0n) is 14.7. The van der Waals surface area contributed by atoms with Gasteiger partial charge in [-0.15, -0.1) is 0 Å². The highest BCUT2D eigenvalue weighted by Crippen LogP contribution is 2.25. The van der Waals surface area contributed by atoms with E-state index in [1.807, 2.05) is 0 Å². The number of sulfonamides is 1. The van der Waals surface area contributed by atoms with Gasteiger partial charge in [0.25, 0.3) is 15.9 Å². The minimum Gasteiger partial charge on any atom is -0.269 e.